The number of hydrogen-bond acceptors (Lipinski definition) is 2. The molecule has 0 aliphatic carbocycles. The fourth-order valence-electron chi connectivity index (χ4n) is 1.97. The van der Waals surface area contributed by atoms with Gasteiger partial charge in [0.1, 0.15) is 6.04 Å². The van der Waals surface area contributed by atoms with Crippen LogP contribution in [0.1, 0.15) is 19.9 Å². The molecule has 2 rings (SSSR count). The van der Waals surface area contributed by atoms with Crippen molar-refractivity contribution in [1.82, 2.24) is 9.55 Å². The lowest BCUT2D eigenvalue weighted by Crippen LogP contribution is -2.23. The zero-order valence-electron chi connectivity index (χ0n) is 9.89. The molecule has 1 aromatic carbocycles. The number of aromatic nitrogens is 2. The van der Waals surface area contributed by atoms with Gasteiger partial charge in [0.2, 0.25) is 0 Å². The Labute approximate surface area is 102 Å². The first kappa shape index (κ1) is 12.5. The topological polar surface area (TPSA) is 55.1 Å². The van der Waals surface area contributed by atoms with Gasteiger partial charge in [-0.1, -0.05) is 13.8 Å². The van der Waals surface area contributed by atoms with Crippen molar-refractivity contribution in [2.45, 2.75) is 19.9 Å². The average molecular weight is 254 g/mol. The van der Waals surface area contributed by atoms with E-state index in [9.17, 15) is 18.7 Å². The standard InChI is InChI=1S/C12H12F2N2O2/c1-6(2)11(12(17)18)16-5-15-9-3-7(13)8(14)4-10(9)16/h3-6,11H,1-2H3,(H,17,18)/t11-/m1/s1. The molecular weight excluding hydrogens is 242 g/mol. The number of aliphatic carboxylic acids is 1. The first-order chi connectivity index (χ1) is 8.41. The number of nitrogens with zero attached hydrogens (tertiary/aromatic N) is 2. The molecule has 0 radical (unpaired) electrons. The molecule has 0 bridgehead atoms. The second-order valence-corrected chi connectivity index (χ2v) is 4.43. The quantitative estimate of drug-likeness (QED) is 0.915. The Balaban J connectivity index is 2.64. The second kappa shape index (κ2) is 4.36. The summed E-state index contributed by atoms with van der Waals surface area (Å²) in [7, 11) is 0. The van der Waals surface area contributed by atoms with Gasteiger partial charge in [-0.25, -0.2) is 18.6 Å². The van der Waals surface area contributed by atoms with E-state index < -0.39 is 23.6 Å². The van der Waals surface area contributed by atoms with E-state index in [1.807, 2.05) is 0 Å². The molecule has 18 heavy (non-hydrogen) atoms. The molecule has 0 fully saturated rings. The van der Waals surface area contributed by atoms with Gasteiger partial charge in [-0.2, -0.15) is 0 Å². The summed E-state index contributed by atoms with van der Waals surface area (Å²) in [6.45, 7) is 3.48. The van der Waals surface area contributed by atoms with Crippen LogP contribution in [-0.4, -0.2) is 20.6 Å². The molecule has 1 N–H and O–H groups in total. The summed E-state index contributed by atoms with van der Waals surface area (Å²) >= 11 is 0. The third kappa shape index (κ3) is 1.94. The highest BCUT2D eigenvalue weighted by molar-refractivity contribution is 5.80. The first-order valence-electron chi connectivity index (χ1n) is 5.46. The molecule has 0 unspecified atom stereocenters. The zero-order valence-corrected chi connectivity index (χ0v) is 9.89. The van der Waals surface area contributed by atoms with E-state index in [1.165, 1.54) is 10.9 Å². The van der Waals surface area contributed by atoms with Crippen LogP contribution in [0.15, 0.2) is 18.5 Å². The van der Waals surface area contributed by atoms with E-state index in [1.54, 1.807) is 13.8 Å². The highest BCUT2D eigenvalue weighted by Gasteiger charge is 2.25. The minimum absolute atomic E-state index is 0.201. The number of fused-ring (bicyclic) bond motifs is 1. The molecule has 0 aliphatic rings. The zero-order chi connectivity index (χ0) is 13.4. The minimum Gasteiger partial charge on any atom is -0.480 e. The minimum atomic E-state index is -1.03. The summed E-state index contributed by atoms with van der Waals surface area (Å²) in [5.41, 5.74) is 0.510. The van der Waals surface area contributed by atoms with Crippen molar-refractivity contribution in [3.05, 3.63) is 30.1 Å². The largest absolute Gasteiger partial charge is 0.480 e. The van der Waals surface area contributed by atoms with Crippen LogP contribution < -0.4 is 0 Å². The summed E-state index contributed by atoms with van der Waals surface area (Å²) in [5, 5.41) is 9.18. The molecule has 0 saturated carbocycles. The number of carboxylic acids is 1. The van der Waals surface area contributed by atoms with Gasteiger partial charge in [0.05, 0.1) is 17.4 Å². The van der Waals surface area contributed by atoms with Gasteiger partial charge in [-0.3, -0.25) is 0 Å². The Kier molecular flexibility index (Phi) is 3.02. The lowest BCUT2D eigenvalue weighted by Gasteiger charge is -2.18. The molecule has 1 heterocycles. The van der Waals surface area contributed by atoms with Gasteiger partial charge in [0.15, 0.2) is 11.6 Å². The van der Waals surface area contributed by atoms with E-state index in [-0.39, 0.29) is 17.0 Å². The molecule has 96 valence electrons. The summed E-state index contributed by atoms with van der Waals surface area (Å²) in [5.74, 6) is -3.25. The smallest absolute Gasteiger partial charge is 0.327 e. The summed E-state index contributed by atoms with van der Waals surface area (Å²) in [6.07, 6.45) is 1.29. The molecule has 0 spiro atoms. The molecule has 6 heteroatoms. The van der Waals surface area contributed by atoms with Crippen LogP contribution in [-0.2, 0) is 4.79 Å². The summed E-state index contributed by atoms with van der Waals surface area (Å²) in [6, 6.07) is 1.07. The van der Waals surface area contributed by atoms with Gasteiger partial charge in [-0.05, 0) is 5.92 Å². The maximum absolute atomic E-state index is 13.2. The average Bonchev–Trinajstić information content (AvgIpc) is 2.62. The van der Waals surface area contributed by atoms with Gasteiger partial charge in [0, 0.05) is 12.1 Å². The van der Waals surface area contributed by atoms with E-state index in [2.05, 4.69) is 4.98 Å². The molecular formula is C12H12F2N2O2. The van der Waals surface area contributed by atoms with Crippen molar-refractivity contribution in [3.8, 4) is 0 Å². The third-order valence-electron chi connectivity index (χ3n) is 2.80. The number of benzene rings is 1. The van der Waals surface area contributed by atoms with Crippen molar-refractivity contribution < 1.29 is 18.7 Å². The van der Waals surface area contributed by atoms with Gasteiger partial charge in [0.25, 0.3) is 0 Å². The van der Waals surface area contributed by atoms with E-state index in [0.717, 1.165) is 12.1 Å². The highest BCUT2D eigenvalue weighted by atomic mass is 19.2. The maximum Gasteiger partial charge on any atom is 0.327 e. The number of hydrogen-bond donors (Lipinski definition) is 1. The number of halogens is 2. The van der Waals surface area contributed by atoms with Crippen LogP contribution in [0.3, 0.4) is 0 Å². The van der Waals surface area contributed by atoms with Crippen molar-refractivity contribution in [3.63, 3.8) is 0 Å². The fraction of sp³-hybridized carbons (Fsp3) is 0.333. The summed E-state index contributed by atoms with van der Waals surface area (Å²) < 4.78 is 27.6. The molecule has 0 aliphatic heterocycles. The van der Waals surface area contributed by atoms with Crippen LogP contribution in [0.25, 0.3) is 11.0 Å². The normalized spacial score (nSPS) is 13.2. The van der Waals surface area contributed by atoms with Crippen LogP contribution in [0.4, 0.5) is 8.78 Å². The van der Waals surface area contributed by atoms with Crippen molar-refractivity contribution in [2.24, 2.45) is 5.92 Å². The number of imidazole rings is 1. The summed E-state index contributed by atoms with van der Waals surface area (Å²) in [4.78, 5) is 15.1. The number of carboxylic acid groups (broad SMARTS) is 1. The van der Waals surface area contributed by atoms with E-state index >= 15 is 0 Å². The van der Waals surface area contributed by atoms with Crippen molar-refractivity contribution >= 4 is 17.0 Å². The molecule has 2 aromatic rings. The Bertz CT molecular complexity index is 607. The van der Waals surface area contributed by atoms with Crippen molar-refractivity contribution in [1.29, 1.82) is 0 Å². The van der Waals surface area contributed by atoms with Crippen LogP contribution in [0.5, 0.6) is 0 Å². The van der Waals surface area contributed by atoms with Gasteiger partial charge in [-0.15, -0.1) is 0 Å². The Hall–Kier alpha value is -1.98. The Morgan fingerprint density at radius 2 is 1.94 bits per heavy atom. The Morgan fingerprint density at radius 1 is 1.33 bits per heavy atom. The molecule has 4 nitrogen and oxygen atoms in total. The predicted octanol–water partition coefficient (Wildman–Crippen LogP) is 2.60. The van der Waals surface area contributed by atoms with E-state index in [4.69, 9.17) is 0 Å². The first-order valence-corrected chi connectivity index (χ1v) is 5.46. The maximum atomic E-state index is 13.2. The Morgan fingerprint density at radius 3 is 2.50 bits per heavy atom. The fourth-order valence-corrected chi connectivity index (χ4v) is 1.97. The lowest BCUT2D eigenvalue weighted by molar-refractivity contribution is -0.142. The van der Waals surface area contributed by atoms with Crippen LogP contribution in [0, 0.1) is 17.6 Å². The van der Waals surface area contributed by atoms with E-state index in [0.29, 0.717) is 0 Å². The monoisotopic (exact) mass is 254 g/mol. The van der Waals surface area contributed by atoms with Gasteiger partial charge >= 0.3 is 5.97 Å². The lowest BCUT2D eigenvalue weighted by atomic mass is 10.0. The van der Waals surface area contributed by atoms with Crippen LogP contribution >= 0.6 is 0 Å². The third-order valence-corrected chi connectivity index (χ3v) is 2.80. The second-order valence-electron chi connectivity index (χ2n) is 4.43. The van der Waals surface area contributed by atoms with Crippen LogP contribution in [0.2, 0.25) is 0 Å². The number of carbonyl (C=O) groups is 1. The van der Waals surface area contributed by atoms with Crippen molar-refractivity contribution in [2.75, 3.05) is 0 Å². The number of rotatable bonds is 3. The predicted molar refractivity (Wildman–Crippen MR) is 61.2 cm³/mol. The highest BCUT2D eigenvalue weighted by Crippen LogP contribution is 2.25. The molecule has 1 aromatic heterocycles. The molecule has 0 saturated heterocycles. The van der Waals surface area contributed by atoms with Gasteiger partial charge < -0.3 is 9.67 Å². The molecule has 1 atom stereocenters. The SMILES string of the molecule is CC(C)[C@H](C(=O)O)n1cnc2cc(F)c(F)cc21. The molecule has 0 amide bonds.